The highest BCUT2D eigenvalue weighted by atomic mass is 32.1. The highest BCUT2D eigenvalue weighted by Gasteiger charge is 2.11. The molecule has 0 aliphatic carbocycles. The van der Waals surface area contributed by atoms with Crippen molar-refractivity contribution in [2.45, 2.75) is 33.7 Å². The Morgan fingerprint density at radius 2 is 1.89 bits per heavy atom. The molecule has 0 spiro atoms. The zero-order valence-electron chi connectivity index (χ0n) is 15.8. The average molecular weight is 388 g/mol. The van der Waals surface area contributed by atoms with E-state index in [-0.39, 0.29) is 30.2 Å². The van der Waals surface area contributed by atoms with E-state index in [1.807, 2.05) is 51.1 Å². The maximum absolute atomic E-state index is 12.0. The second kappa shape index (κ2) is 9.87. The molecular weight excluding hydrogens is 362 g/mol. The van der Waals surface area contributed by atoms with E-state index >= 15 is 0 Å². The number of aryl methyl sites for hydroxylation is 1. The SMILES string of the molecule is CCC(C)C(=O)Nc1cccc(CNC(=O)CNC(=O)c2ccc(C)s2)c1. The van der Waals surface area contributed by atoms with Crippen molar-refractivity contribution in [2.75, 3.05) is 11.9 Å². The predicted octanol–water partition coefficient (Wildman–Crippen LogP) is 3.09. The van der Waals surface area contributed by atoms with Gasteiger partial charge in [0.1, 0.15) is 0 Å². The molecular formula is C20H25N3O3S. The van der Waals surface area contributed by atoms with Gasteiger partial charge in [0.25, 0.3) is 5.91 Å². The molecule has 3 amide bonds. The van der Waals surface area contributed by atoms with Crippen LogP contribution < -0.4 is 16.0 Å². The van der Waals surface area contributed by atoms with Gasteiger partial charge in [-0.05, 0) is 43.2 Å². The van der Waals surface area contributed by atoms with Gasteiger partial charge >= 0.3 is 0 Å². The van der Waals surface area contributed by atoms with Gasteiger partial charge in [-0.2, -0.15) is 0 Å². The van der Waals surface area contributed by atoms with E-state index in [4.69, 9.17) is 0 Å². The molecule has 6 nitrogen and oxygen atoms in total. The standard InChI is InChI=1S/C20H25N3O3S/c1-4-13(2)19(25)23-16-7-5-6-15(10-16)11-21-18(24)12-22-20(26)17-9-8-14(3)27-17/h5-10,13H,4,11-12H2,1-3H3,(H,21,24)(H,22,26)(H,23,25). The lowest BCUT2D eigenvalue weighted by atomic mass is 10.1. The van der Waals surface area contributed by atoms with Gasteiger partial charge in [0.05, 0.1) is 11.4 Å². The first kappa shape index (κ1) is 20.6. The monoisotopic (exact) mass is 387 g/mol. The molecule has 1 heterocycles. The van der Waals surface area contributed by atoms with Gasteiger partial charge in [-0.25, -0.2) is 0 Å². The Balaban J connectivity index is 1.80. The van der Waals surface area contributed by atoms with Crippen molar-refractivity contribution in [1.29, 1.82) is 0 Å². The molecule has 1 aromatic heterocycles. The Morgan fingerprint density at radius 1 is 1.11 bits per heavy atom. The van der Waals surface area contributed by atoms with E-state index in [0.29, 0.717) is 17.1 Å². The Labute approximate surface area is 163 Å². The van der Waals surface area contributed by atoms with Crippen molar-refractivity contribution in [3.05, 3.63) is 51.7 Å². The number of amides is 3. The zero-order chi connectivity index (χ0) is 19.8. The number of hydrogen-bond acceptors (Lipinski definition) is 4. The second-order valence-electron chi connectivity index (χ2n) is 6.37. The largest absolute Gasteiger partial charge is 0.350 e. The third-order valence-corrected chi connectivity index (χ3v) is 5.12. The molecule has 27 heavy (non-hydrogen) atoms. The molecule has 0 radical (unpaired) electrons. The summed E-state index contributed by atoms with van der Waals surface area (Å²) in [4.78, 5) is 37.5. The fourth-order valence-electron chi connectivity index (χ4n) is 2.28. The molecule has 2 aromatic rings. The lowest BCUT2D eigenvalue weighted by Gasteiger charge is -2.11. The van der Waals surface area contributed by atoms with Crippen LogP contribution in [0, 0.1) is 12.8 Å². The highest BCUT2D eigenvalue weighted by Crippen LogP contribution is 2.15. The van der Waals surface area contributed by atoms with Gasteiger partial charge in [0, 0.05) is 23.0 Å². The Bertz CT molecular complexity index is 816. The van der Waals surface area contributed by atoms with Crippen LogP contribution in [-0.4, -0.2) is 24.3 Å². The number of anilines is 1. The van der Waals surface area contributed by atoms with Gasteiger partial charge in [-0.1, -0.05) is 26.0 Å². The molecule has 0 aliphatic heterocycles. The quantitative estimate of drug-likeness (QED) is 0.650. The van der Waals surface area contributed by atoms with Gasteiger partial charge in [0.2, 0.25) is 11.8 Å². The van der Waals surface area contributed by atoms with E-state index in [1.54, 1.807) is 6.07 Å². The zero-order valence-corrected chi connectivity index (χ0v) is 16.6. The summed E-state index contributed by atoms with van der Waals surface area (Å²) in [5.74, 6) is -0.599. The topological polar surface area (TPSA) is 87.3 Å². The van der Waals surface area contributed by atoms with Gasteiger partial charge in [-0.15, -0.1) is 11.3 Å². The van der Waals surface area contributed by atoms with Crippen molar-refractivity contribution in [3.8, 4) is 0 Å². The minimum absolute atomic E-state index is 0.0230. The summed E-state index contributed by atoms with van der Waals surface area (Å²) in [6.45, 7) is 6.01. The first-order chi connectivity index (χ1) is 12.9. The van der Waals surface area contributed by atoms with E-state index in [9.17, 15) is 14.4 Å². The molecule has 3 N–H and O–H groups in total. The van der Waals surface area contributed by atoms with Gasteiger partial charge < -0.3 is 16.0 Å². The maximum atomic E-state index is 12.0. The van der Waals surface area contributed by atoms with Crippen molar-refractivity contribution in [2.24, 2.45) is 5.92 Å². The van der Waals surface area contributed by atoms with Crippen LogP contribution in [0.1, 0.15) is 40.4 Å². The lowest BCUT2D eigenvalue weighted by Crippen LogP contribution is -2.36. The van der Waals surface area contributed by atoms with Crippen LogP contribution in [0.2, 0.25) is 0 Å². The lowest BCUT2D eigenvalue weighted by molar-refractivity contribution is -0.120. The summed E-state index contributed by atoms with van der Waals surface area (Å²) in [6.07, 6.45) is 0.776. The number of hydrogen-bond donors (Lipinski definition) is 3. The van der Waals surface area contributed by atoms with Crippen LogP contribution in [0.15, 0.2) is 36.4 Å². The van der Waals surface area contributed by atoms with Crippen LogP contribution in [0.3, 0.4) is 0 Å². The minimum Gasteiger partial charge on any atom is -0.350 e. The second-order valence-corrected chi connectivity index (χ2v) is 7.66. The number of rotatable bonds is 8. The molecule has 0 fully saturated rings. The number of thiophene rings is 1. The van der Waals surface area contributed by atoms with Gasteiger partial charge in [-0.3, -0.25) is 14.4 Å². The van der Waals surface area contributed by atoms with E-state index in [2.05, 4.69) is 16.0 Å². The first-order valence-corrected chi connectivity index (χ1v) is 9.71. The summed E-state index contributed by atoms with van der Waals surface area (Å²) in [7, 11) is 0. The van der Waals surface area contributed by atoms with Crippen LogP contribution in [0.5, 0.6) is 0 Å². The van der Waals surface area contributed by atoms with Crippen molar-refractivity contribution in [3.63, 3.8) is 0 Å². The molecule has 144 valence electrons. The Kier molecular flexibility index (Phi) is 7.55. The predicted molar refractivity (Wildman–Crippen MR) is 108 cm³/mol. The first-order valence-electron chi connectivity index (χ1n) is 8.90. The average Bonchev–Trinajstić information content (AvgIpc) is 3.10. The van der Waals surface area contributed by atoms with E-state index in [0.717, 1.165) is 16.9 Å². The molecule has 0 bridgehead atoms. The van der Waals surface area contributed by atoms with Crippen LogP contribution in [0.25, 0.3) is 0 Å². The maximum Gasteiger partial charge on any atom is 0.261 e. The summed E-state index contributed by atoms with van der Waals surface area (Å²) in [5, 5.41) is 8.24. The number of carbonyl (C=O) groups is 3. The normalized spacial score (nSPS) is 11.5. The Morgan fingerprint density at radius 3 is 2.56 bits per heavy atom. The smallest absolute Gasteiger partial charge is 0.261 e. The summed E-state index contributed by atoms with van der Waals surface area (Å²) in [6, 6.07) is 10.9. The fraction of sp³-hybridized carbons (Fsp3) is 0.350. The molecule has 0 saturated heterocycles. The Hall–Kier alpha value is -2.67. The van der Waals surface area contributed by atoms with Crippen LogP contribution in [0.4, 0.5) is 5.69 Å². The molecule has 7 heteroatoms. The fourth-order valence-corrected chi connectivity index (χ4v) is 3.06. The summed E-state index contributed by atoms with van der Waals surface area (Å²) in [5.41, 5.74) is 1.57. The van der Waals surface area contributed by atoms with Crippen LogP contribution in [-0.2, 0) is 16.1 Å². The third-order valence-electron chi connectivity index (χ3n) is 4.12. The molecule has 2 rings (SSSR count). The van der Waals surface area contributed by atoms with Crippen LogP contribution >= 0.6 is 11.3 Å². The molecule has 0 saturated carbocycles. The number of carbonyl (C=O) groups excluding carboxylic acids is 3. The van der Waals surface area contributed by atoms with E-state index in [1.165, 1.54) is 11.3 Å². The summed E-state index contributed by atoms with van der Waals surface area (Å²) < 4.78 is 0. The number of benzene rings is 1. The molecule has 1 unspecified atom stereocenters. The highest BCUT2D eigenvalue weighted by molar-refractivity contribution is 7.13. The van der Waals surface area contributed by atoms with Crippen molar-refractivity contribution < 1.29 is 14.4 Å². The van der Waals surface area contributed by atoms with E-state index < -0.39 is 0 Å². The van der Waals surface area contributed by atoms with Crippen molar-refractivity contribution in [1.82, 2.24) is 10.6 Å². The number of nitrogens with one attached hydrogen (secondary N) is 3. The van der Waals surface area contributed by atoms with Gasteiger partial charge in [0.15, 0.2) is 0 Å². The molecule has 1 aromatic carbocycles. The molecule has 0 aliphatic rings. The van der Waals surface area contributed by atoms with Crippen molar-refractivity contribution >= 4 is 34.7 Å². The summed E-state index contributed by atoms with van der Waals surface area (Å²) >= 11 is 1.39. The third kappa shape index (κ3) is 6.53. The molecule has 1 atom stereocenters. The minimum atomic E-state index is -0.273.